The maximum absolute atomic E-state index is 15.1. The van der Waals surface area contributed by atoms with Gasteiger partial charge in [-0.15, -0.1) is 0 Å². The van der Waals surface area contributed by atoms with E-state index in [0.29, 0.717) is 17.7 Å². The molecule has 2 heterocycles. The molecule has 0 spiro atoms. The van der Waals surface area contributed by atoms with Gasteiger partial charge in [-0.25, -0.2) is 13.8 Å². The van der Waals surface area contributed by atoms with E-state index in [0.717, 1.165) is 29.5 Å². The number of carbonyl (C=O) groups excluding carboxylic acids is 1. The van der Waals surface area contributed by atoms with Crippen molar-refractivity contribution in [2.45, 2.75) is 32.0 Å². The number of fused-ring (bicyclic) bond motifs is 1. The molecule has 3 aromatic rings. The predicted molar refractivity (Wildman–Crippen MR) is 117 cm³/mol. The van der Waals surface area contributed by atoms with E-state index in [9.17, 15) is 9.18 Å². The number of rotatable bonds is 6. The van der Waals surface area contributed by atoms with E-state index in [2.05, 4.69) is 9.98 Å². The van der Waals surface area contributed by atoms with Crippen LogP contribution in [0.4, 0.5) is 8.78 Å². The van der Waals surface area contributed by atoms with Crippen molar-refractivity contribution in [3.63, 3.8) is 0 Å². The van der Waals surface area contributed by atoms with E-state index in [4.69, 9.17) is 4.74 Å². The van der Waals surface area contributed by atoms with Gasteiger partial charge in [0.05, 0.1) is 6.54 Å². The number of nitrogens with zero attached hydrogens (tertiary/aromatic N) is 3. The van der Waals surface area contributed by atoms with Gasteiger partial charge in [-0.1, -0.05) is 36.4 Å². The Bertz CT molecular complexity index is 1220. The molecule has 1 aliphatic carbocycles. The molecule has 1 aromatic heterocycles. The van der Waals surface area contributed by atoms with Crippen molar-refractivity contribution < 1.29 is 18.3 Å². The summed E-state index contributed by atoms with van der Waals surface area (Å²) in [6, 6.07) is 13.6. The zero-order valence-corrected chi connectivity index (χ0v) is 17.5. The predicted octanol–water partition coefficient (Wildman–Crippen LogP) is 4.77. The highest BCUT2D eigenvalue weighted by Gasteiger charge is 2.29. The lowest BCUT2D eigenvalue weighted by Crippen LogP contribution is -2.28. The summed E-state index contributed by atoms with van der Waals surface area (Å²) in [4.78, 5) is 22.9. The number of hydrogen-bond donors (Lipinski definition) is 0. The molecule has 0 N–H and O–H groups in total. The molecule has 1 fully saturated rings. The molecule has 5 rings (SSSR count). The Labute approximate surface area is 184 Å². The number of halogens is 2. The number of amides is 1. The highest BCUT2D eigenvalue weighted by molar-refractivity contribution is 5.93. The third-order valence-corrected chi connectivity index (χ3v) is 5.66. The Morgan fingerprint density at radius 2 is 1.91 bits per heavy atom. The second-order valence-electron chi connectivity index (χ2n) is 8.08. The fraction of sp³-hybridized carbons (Fsp3) is 0.240. The average molecular weight is 433 g/mol. The van der Waals surface area contributed by atoms with Gasteiger partial charge in [0.15, 0.2) is 11.5 Å². The highest BCUT2D eigenvalue weighted by Crippen LogP contribution is 2.35. The second kappa shape index (κ2) is 8.15. The van der Waals surface area contributed by atoms with Crippen LogP contribution in [0, 0.1) is 11.6 Å². The fourth-order valence-electron chi connectivity index (χ4n) is 3.77. The molecule has 0 radical (unpaired) electrons. The molecule has 0 unspecified atom stereocenters. The third kappa shape index (κ3) is 3.86. The van der Waals surface area contributed by atoms with Crippen molar-refractivity contribution >= 4 is 12.1 Å². The average Bonchev–Trinajstić information content (AvgIpc) is 3.47. The molecule has 162 valence electrons. The summed E-state index contributed by atoms with van der Waals surface area (Å²) in [6.07, 6.45) is 3.36. The summed E-state index contributed by atoms with van der Waals surface area (Å²) in [5.74, 6) is -1.37. The topological polar surface area (TPSA) is 54.8 Å². The van der Waals surface area contributed by atoms with Gasteiger partial charge in [0.2, 0.25) is 5.88 Å². The van der Waals surface area contributed by atoms with Gasteiger partial charge >= 0.3 is 0 Å². The van der Waals surface area contributed by atoms with E-state index < -0.39 is 11.7 Å². The van der Waals surface area contributed by atoms with Crippen LogP contribution >= 0.6 is 0 Å². The van der Waals surface area contributed by atoms with Crippen molar-refractivity contribution in [1.82, 2.24) is 9.88 Å². The van der Waals surface area contributed by atoms with Crippen LogP contribution in [0.2, 0.25) is 0 Å². The van der Waals surface area contributed by atoms with Crippen LogP contribution in [0.5, 0.6) is 5.88 Å². The lowest BCUT2D eigenvalue weighted by molar-refractivity contribution is 0.0772. The molecule has 0 atom stereocenters. The molecule has 7 heteroatoms. The molecular weight excluding hydrogens is 412 g/mol. The third-order valence-electron chi connectivity index (χ3n) is 5.66. The first-order valence-electron chi connectivity index (χ1n) is 10.5. The molecule has 32 heavy (non-hydrogen) atoms. The summed E-state index contributed by atoms with van der Waals surface area (Å²) >= 11 is 0. The van der Waals surface area contributed by atoms with E-state index in [-0.39, 0.29) is 30.0 Å². The molecule has 5 nitrogen and oxygen atoms in total. The van der Waals surface area contributed by atoms with E-state index in [1.54, 1.807) is 13.1 Å². The largest absolute Gasteiger partial charge is 0.474 e. The number of carbonyl (C=O) groups is 1. The van der Waals surface area contributed by atoms with Crippen LogP contribution in [0.1, 0.15) is 40.0 Å². The van der Waals surface area contributed by atoms with Crippen molar-refractivity contribution in [2.24, 2.45) is 4.99 Å². The molecule has 2 aliphatic rings. The van der Waals surface area contributed by atoms with Gasteiger partial charge in [-0.3, -0.25) is 9.79 Å². The number of ether oxygens (including phenoxy) is 1. The zero-order chi connectivity index (χ0) is 22.2. The maximum atomic E-state index is 15.1. The van der Waals surface area contributed by atoms with Gasteiger partial charge in [0.25, 0.3) is 5.91 Å². The van der Waals surface area contributed by atoms with Gasteiger partial charge < -0.3 is 9.64 Å². The van der Waals surface area contributed by atoms with Gasteiger partial charge in [0.1, 0.15) is 11.9 Å². The molecule has 2 aromatic carbocycles. The van der Waals surface area contributed by atoms with Crippen LogP contribution in [0.25, 0.3) is 11.1 Å². The van der Waals surface area contributed by atoms with Crippen LogP contribution in [0.3, 0.4) is 0 Å². The van der Waals surface area contributed by atoms with E-state index >= 15 is 4.39 Å². The fourth-order valence-corrected chi connectivity index (χ4v) is 3.77. The van der Waals surface area contributed by atoms with Crippen LogP contribution < -0.4 is 4.74 Å². The number of benzene rings is 2. The molecule has 1 amide bonds. The Hall–Kier alpha value is -3.61. The van der Waals surface area contributed by atoms with Crippen LogP contribution in [-0.2, 0) is 13.1 Å². The minimum Gasteiger partial charge on any atom is -0.474 e. The van der Waals surface area contributed by atoms with Crippen LogP contribution in [0.15, 0.2) is 53.5 Å². The van der Waals surface area contributed by atoms with Crippen molar-refractivity contribution in [3.05, 3.63) is 82.5 Å². The molecule has 0 saturated heterocycles. The standard InChI is InChI=1S/C25H21F2N3O2/c1-30(14-16-7-10-21(26)20-13-28-12-19(16)20)25(31)23-22(27)11-18(15-5-3-2-4-6-15)24(29-23)32-17-8-9-17/h2-7,10-11,13,17H,8-9,12,14H2,1H3. The zero-order valence-electron chi connectivity index (χ0n) is 17.5. The highest BCUT2D eigenvalue weighted by atomic mass is 19.1. The number of aromatic nitrogens is 1. The number of aliphatic imine (C=N–C) groups is 1. The van der Waals surface area contributed by atoms with Crippen molar-refractivity contribution in [1.29, 1.82) is 0 Å². The lowest BCUT2D eigenvalue weighted by atomic mass is 10.0. The quantitative estimate of drug-likeness (QED) is 0.563. The molecule has 1 aliphatic heterocycles. The molecule has 0 bridgehead atoms. The van der Waals surface area contributed by atoms with E-state index in [1.807, 2.05) is 30.3 Å². The van der Waals surface area contributed by atoms with E-state index in [1.165, 1.54) is 23.2 Å². The second-order valence-corrected chi connectivity index (χ2v) is 8.08. The Balaban J connectivity index is 1.45. The van der Waals surface area contributed by atoms with Crippen molar-refractivity contribution in [3.8, 4) is 17.0 Å². The number of pyridine rings is 1. The minimum absolute atomic E-state index is 0.0397. The first kappa shape index (κ1) is 20.3. The number of hydrogen-bond acceptors (Lipinski definition) is 4. The SMILES string of the molecule is CN(Cc1ccc(F)c2c1CN=C2)C(=O)c1nc(OC2CC2)c(-c2ccccc2)cc1F. The van der Waals surface area contributed by atoms with Gasteiger partial charge in [-0.05, 0) is 41.7 Å². The van der Waals surface area contributed by atoms with Crippen LogP contribution in [-0.4, -0.2) is 35.2 Å². The van der Waals surface area contributed by atoms with Crippen molar-refractivity contribution in [2.75, 3.05) is 7.05 Å². The smallest absolute Gasteiger partial charge is 0.275 e. The maximum Gasteiger partial charge on any atom is 0.275 e. The monoisotopic (exact) mass is 433 g/mol. The summed E-state index contributed by atoms with van der Waals surface area (Å²) in [6.45, 7) is 0.549. The first-order valence-corrected chi connectivity index (χ1v) is 10.5. The van der Waals surface area contributed by atoms with Gasteiger partial charge in [0, 0.05) is 30.9 Å². The normalized spacial score (nSPS) is 14.3. The molecule has 1 saturated carbocycles. The summed E-state index contributed by atoms with van der Waals surface area (Å²) in [7, 11) is 1.57. The summed E-state index contributed by atoms with van der Waals surface area (Å²) in [5.41, 5.74) is 2.95. The lowest BCUT2D eigenvalue weighted by Gasteiger charge is -2.20. The minimum atomic E-state index is -0.712. The molecular formula is C25H21F2N3O2. The van der Waals surface area contributed by atoms with Gasteiger partial charge in [-0.2, -0.15) is 0 Å². The Morgan fingerprint density at radius 3 is 2.66 bits per heavy atom. The first-order chi connectivity index (χ1) is 15.5. The summed E-state index contributed by atoms with van der Waals surface area (Å²) in [5, 5.41) is 0. The Morgan fingerprint density at radius 1 is 1.12 bits per heavy atom. The summed E-state index contributed by atoms with van der Waals surface area (Å²) < 4.78 is 34.9. The Kier molecular flexibility index (Phi) is 5.17.